The topological polar surface area (TPSA) is 51.2 Å². The summed E-state index contributed by atoms with van der Waals surface area (Å²) >= 11 is 3.03. The maximum absolute atomic E-state index is 13.1. The fraction of sp³-hybridized carbons (Fsp3) is 0.417. The van der Waals surface area contributed by atoms with Crippen LogP contribution in [0.15, 0.2) is 24.3 Å². The monoisotopic (exact) mass is 336 g/mol. The molecule has 1 atom stereocenters. The first-order valence-corrected chi connectivity index (χ1v) is 7.94. The quantitative estimate of drug-likeness (QED) is 0.613. The number of carbonyl (C=O) groups excluding carboxylic acids is 1. The largest absolute Gasteiger partial charge is 0.291 e. The van der Waals surface area contributed by atoms with Crippen LogP contribution in [-0.4, -0.2) is 23.6 Å². The van der Waals surface area contributed by atoms with Gasteiger partial charge in [-0.15, -0.1) is 0 Å². The molecule has 18 heavy (non-hydrogen) atoms. The first kappa shape index (κ1) is 15.3. The normalized spacial score (nSPS) is 15.1. The van der Waals surface area contributed by atoms with Gasteiger partial charge in [0.1, 0.15) is 5.82 Å². The predicted octanol–water partition coefficient (Wildman–Crippen LogP) is 2.94. The van der Waals surface area contributed by atoms with E-state index in [9.17, 15) is 17.6 Å². The molecule has 0 saturated heterocycles. The summed E-state index contributed by atoms with van der Waals surface area (Å²) in [6, 6.07) is 5.03. The Morgan fingerprint density at radius 1 is 1.39 bits per heavy atom. The van der Waals surface area contributed by atoms with Crippen LogP contribution in [0.25, 0.3) is 0 Å². The summed E-state index contributed by atoms with van der Waals surface area (Å²) in [5.41, 5.74) is 0.0470. The Balaban J connectivity index is 3.31. The zero-order valence-electron chi connectivity index (χ0n) is 10.1. The van der Waals surface area contributed by atoms with Crippen LogP contribution in [0.1, 0.15) is 30.6 Å². The van der Waals surface area contributed by atoms with Gasteiger partial charge in [0.2, 0.25) is 0 Å². The van der Waals surface area contributed by atoms with Crippen LogP contribution in [0.5, 0.6) is 0 Å². The minimum atomic E-state index is -3.63. The summed E-state index contributed by atoms with van der Waals surface area (Å²) in [5.74, 6) is -1.36. The lowest BCUT2D eigenvalue weighted by Gasteiger charge is -2.24. The first-order valence-electron chi connectivity index (χ1n) is 5.50. The van der Waals surface area contributed by atoms with Gasteiger partial charge in [-0.05, 0) is 18.6 Å². The molecule has 100 valence electrons. The van der Waals surface area contributed by atoms with E-state index in [0.717, 1.165) is 6.07 Å². The average molecular weight is 337 g/mol. The summed E-state index contributed by atoms with van der Waals surface area (Å²) in [5, 5.41) is 0. The Hall–Kier alpha value is -0.750. The van der Waals surface area contributed by atoms with E-state index in [2.05, 4.69) is 15.9 Å². The van der Waals surface area contributed by atoms with Crippen LogP contribution in [0, 0.1) is 5.82 Å². The first-order chi connectivity index (χ1) is 8.28. The highest BCUT2D eigenvalue weighted by Gasteiger charge is 2.45. The Kier molecular flexibility index (Phi) is 4.66. The van der Waals surface area contributed by atoms with Gasteiger partial charge in [0.25, 0.3) is 0 Å². The van der Waals surface area contributed by atoms with E-state index in [1.807, 2.05) is 0 Å². The third-order valence-electron chi connectivity index (χ3n) is 2.75. The van der Waals surface area contributed by atoms with Crippen molar-refractivity contribution in [3.05, 3.63) is 35.6 Å². The Morgan fingerprint density at radius 3 is 2.44 bits per heavy atom. The average Bonchev–Trinajstić information content (AvgIpc) is 2.36. The molecular weight excluding hydrogens is 323 g/mol. The molecule has 0 bridgehead atoms. The number of carbonyl (C=O) groups is 1. The standard InChI is InChI=1S/C12H14BrFO3S/c1-3-12(13,18(16,17)4-2)11(15)9-6-5-7-10(14)8-9/h5-8H,3-4H2,1-2H3. The van der Waals surface area contributed by atoms with Gasteiger partial charge in [0, 0.05) is 11.3 Å². The van der Waals surface area contributed by atoms with Crippen molar-refractivity contribution in [1.82, 2.24) is 0 Å². The second-order valence-electron chi connectivity index (χ2n) is 3.82. The number of hydrogen-bond acceptors (Lipinski definition) is 3. The zero-order chi connectivity index (χ0) is 14.0. The Labute approximate surface area is 114 Å². The number of alkyl halides is 1. The van der Waals surface area contributed by atoms with Gasteiger partial charge < -0.3 is 0 Å². The number of hydrogen-bond donors (Lipinski definition) is 0. The molecular formula is C12H14BrFO3S. The molecule has 0 amide bonds. The molecule has 0 aliphatic carbocycles. The van der Waals surface area contributed by atoms with Crippen LogP contribution in [0.2, 0.25) is 0 Å². The molecule has 1 aromatic carbocycles. The van der Waals surface area contributed by atoms with Crippen molar-refractivity contribution in [1.29, 1.82) is 0 Å². The van der Waals surface area contributed by atoms with E-state index in [4.69, 9.17) is 0 Å². The smallest absolute Gasteiger partial charge is 0.194 e. The number of rotatable bonds is 5. The lowest BCUT2D eigenvalue weighted by molar-refractivity contribution is 0.0975. The van der Waals surface area contributed by atoms with Gasteiger partial charge in [-0.1, -0.05) is 41.9 Å². The van der Waals surface area contributed by atoms with Crippen molar-refractivity contribution in [3.8, 4) is 0 Å². The van der Waals surface area contributed by atoms with Crippen molar-refractivity contribution in [3.63, 3.8) is 0 Å². The molecule has 0 aliphatic rings. The summed E-state index contributed by atoms with van der Waals surface area (Å²) in [6.07, 6.45) is 0.0819. The predicted molar refractivity (Wildman–Crippen MR) is 72.1 cm³/mol. The summed E-state index contributed by atoms with van der Waals surface area (Å²) in [6.45, 7) is 3.07. The van der Waals surface area contributed by atoms with Gasteiger partial charge in [0.05, 0.1) is 0 Å². The zero-order valence-corrected chi connectivity index (χ0v) is 12.5. The highest BCUT2D eigenvalue weighted by atomic mass is 79.9. The molecule has 0 heterocycles. The molecule has 0 spiro atoms. The van der Waals surface area contributed by atoms with E-state index < -0.39 is 25.1 Å². The number of ketones is 1. The fourth-order valence-corrected chi connectivity index (χ4v) is 3.81. The Morgan fingerprint density at radius 2 is 2.00 bits per heavy atom. The molecule has 0 N–H and O–H groups in total. The van der Waals surface area contributed by atoms with Crippen LogP contribution in [0.4, 0.5) is 4.39 Å². The molecule has 0 aliphatic heterocycles. The van der Waals surface area contributed by atoms with E-state index in [1.165, 1.54) is 25.1 Å². The second-order valence-corrected chi connectivity index (χ2v) is 8.21. The lowest BCUT2D eigenvalue weighted by Crippen LogP contribution is -2.41. The third-order valence-corrected chi connectivity index (χ3v) is 7.37. The molecule has 1 aromatic rings. The highest BCUT2D eigenvalue weighted by molar-refractivity contribution is 9.12. The van der Waals surface area contributed by atoms with Crippen LogP contribution >= 0.6 is 15.9 Å². The van der Waals surface area contributed by atoms with Gasteiger partial charge >= 0.3 is 0 Å². The number of benzene rings is 1. The van der Waals surface area contributed by atoms with Gasteiger partial charge in [-0.2, -0.15) is 0 Å². The van der Waals surface area contributed by atoms with Crippen LogP contribution in [-0.2, 0) is 9.84 Å². The van der Waals surface area contributed by atoms with Crippen molar-refractivity contribution < 1.29 is 17.6 Å². The molecule has 1 unspecified atom stereocenters. The van der Waals surface area contributed by atoms with Crippen molar-refractivity contribution in [2.75, 3.05) is 5.75 Å². The number of sulfone groups is 1. The van der Waals surface area contributed by atoms with E-state index in [0.29, 0.717) is 0 Å². The second kappa shape index (κ2) is 5.48. The fourth-order valence-electron chi connectivity index (χ4n) is 1.60. The SMILES string of the molecule is CCC(Br)(C(=O)c1cccc(F)c1)S(=O)(=O)CC. The maximum Gasteiger partial charge on any atom is 0.194 e. The molecule has 0 fully saturated rings. The van der Waals surface area contributed by atoms with Gasteiger partial charge in [-0.25, -0.2) is 12.8 Å². The maximum atomic E-state index is 13.1. The molecule has 0 radical (unpaired) electrons. The summed E-state index contributed by atoms with van der Waals surface area (Å²) in [4.78, 5) is 12.3. The molecule has 0 saturated carbocycles. The van der Waals surface area contributed by atoms with Crippen molar-refractivity contribution in [2.24, 2.45) is 0 Å². The van der Waals surface area contributed by atoms with Crippen molar-refractivity contribution >= 4 is 31.6 Å². The van der Waals surface area contributed by atoms with Crippen molar-refractivity contribution in [2.45, 2.75) is 23.9 Å². The number of halogens is 2. The summed E-state index contributed by atoms with van der Waals surface area (Å²) < 4.78 is 35.4. The van der Waals surface area contributed by atoms with Gasteiger partial charge in [0.15, 0.2) is 19.3 Å². The molecule has 3 nitrogen and oxygen atoms in total. The van der Waals surface area contributed by atoms with Gasteiger partial charge in [-0.3, -0.25) is 4.79 Å². The summed E-state index contributed by atoms with van der Waals surface area (Å²) in [7, 11) is -3.63. The van der Waals surface area contributed by atoms with E-state index in [-0.39, 0.29) is 17.7 Å². The molecule has 1 rings (SSSR count). The third kappa shape index (κ3) is 2.64. The van der Waals surface area contributed by atoms with E-state index in [1.54, 1.807) is 6.92 Å². The lowest BCUT2D eigenvalue weighted by atomic mass is 10.1. The van der Waals surface area contributed by atoms with Crippen LogP contribution in [0.3, 0.4) is 0 Å². The molecule has 0 aromatic heterocycles. The Bertz CT molecular complexity index is 556. The minimum Gasteiger partial charge on any atom is -0.291 e. The number of Topliss-reactive ketones (excluding diaryl/α,β-unsaturated/α-hetero) is 1. The molecule has 6 heteroatoms. The van der Waals surface area contributed by atoms with E-state index >= 15 is 0 Å². The minimum absolute atomic E-state index is 0.0470. The van der Waals surface area contributed by atoms with Crippen LogP contribution < -0.4 is 0 Å². The highest BCUT2D eigenvalue weighted by Crippen LogP contribution is 2.34.